The number of hydrogen-bond donors (Lipinski definition) is 1. The maximum Gasteiger partial charge on any atom is 0.310 e. The second-order valence-electron chi connectivity index (χ2n) is 10.5. The zero-order valence-electron chi connectivity index (χ0n) is 23.1. The smallest absolute Gasteiger partial charge is 0.310 e. The van der Waals surface area contributed by atoms with E-state index in [1.807, 2.05) is 81.4 Å². The minimum absolute atomic E-state index is 0.150. The summed E-state index contributed by atoms with van der Waals surface area (Å²) in [6.07, 6.45) is 3.54. The summed E-state index contributed by atoms with van der Waals surface area (Å²) < 4.78 is 38.5. The third kappa shape index (κ3) is 5.98. The molecule has 1 N–H and O–H groups in total. The zero-order chi connectivity index (χ0) is 28.3. The highest BCUT2D eigenvalue weighted by Gasteiger charge is 2.21. The number of para-hydroxylation sites is 2. The fourth-order valence-corrected chi connectivity index (χ4v) is 5.29. The van der Waals surface area contributed by atoms with E-state index in [9.17, 15) is 9.00 Å². The maximum atomic E-state index is 12.5. The Morgan fingerprint density at radius 2 is 1.77 bits per heavy atom. The summed E-state index contributed by atoms with van der Waals surface area (Å²) in [5.74, 6) is 0.355. The summed E-state index contributed by atoms with van der Waals surface area (Å²) >= 11 is 0. The van der Waals surface area contributed by atoms with Gasteiger partial charge in [-0.15, -0.1) is 0 Å². The van der Waals surface area contributed by atoms with Crippen LogP contribution in [0.5, 0.6) is 5.75 Å². The van der Waals surface area contributed by atoms with E-state index >= 15 is 0 Å². The number of esters is 1. The van der Waals surface area contributed by atoms with Gasteiger partial charge in [0.1, 0.15) is 23.5 Å². The van der Waals surface area contributed by atoms with Gasteiger partial charge in [0.2, 0.25) is 0 Å². The molecule has 208 valence electrons. The molecule has 0 saturated carbocycles. The molecule has 0 aliphatic heterocycles. The first kappa shape index (κ1) is 27.7. The van der Waals surface area contributed by atoms with Crippen LogP contribution in [0, 0.1) is 0 Å². The molecule has 1 unspecified atom stereocenters. The lowest BCUT2D eigenvalue weighted by Crippen LogP contribution is -2.32. The lowest BCUT2D eigenvalue weighted by Gasteiger charge is -2.17. The lowest BCUT2D eigenvalue weighted by molar-refractivity contribution is -0.142. The van der Waals surface area contributed by atoms with Crippen molar-refractivity contribution in [1.82, 2.24) is 4.72 Å². The van der Waals surface area contributed by atoms with Crippen molar-refractivity contribution in [3.05, 3.63) is 89.9 Å². The Balaban J connectivity index is 1.44. The first-order valence-corrected chi connectivity index (χ1v) is 14.4. The summed E-state index contributed by atoms with van der Waals surface area (Å²) in [7, 11) is -1.19. The molecule has 0 aliphatic rings. The van der Waals surface area contributed by atoms with E-state index in [2.05, 4.69) is 4.72 Å². The molecule has 40 heavy (non-hydrogen) atoms. The lowest BCUT2D eigenvalue weighted by atomic mass is 9.98. The van der Waals surface area contributed by atoms with Gasteiger partial charge in [0.25, 0.3) is 0 Å². The predicted octanol–water partition coefficient (Wildman–Crippen LogP) is 7.08. The molecule has 0 saturated heterocycles. The SMILES string of the molecule is CCOC(=O)Cc1ccccc1OCc1cc(-c2cccc3c(CNS(=O)C(C)(C)C)coc23)c2occc2c1. The van der Waals surface area contributed by atoms with Crippen LogP contribution in [0.4, 0.5) is 0 Å². The van der Waals surface area contributed by atoms with Gasteiger partial charge in [-0.3, -0.25) is 4.79 Å². The highest BCUT2D eigenvalue weighted by atomic mass is 32.2. The summed E-state index contributed by atoms with van der Waals surface area (Å²) in [5, 5.41) is 1.90. The van der Waals surface area contributed by atoms with Crippen LogP contribution >= 0.6 is 0 Å². The molecule has 0 aliphatic carbocycles. The second-order valence-corrected chi connectivity index (χ2v) is 12.6. The Kier molecular flexibility index (Phi) is 8.09. The monoisotopic (exact) mass is 559 g/mol. The number of hydrogen-bond acceptors (Lipinski definition) is 6. The highest BCUT2D eigenvalue weighted by molar-refractivity contribution is 7.84. The summed E-state index contributed by atoms with van der Waals surface area (Å²) in [5.41, 5.74) is 5.92. The van der Waals surface area contributed by atoms with E-state index < -0.39 is 11.0 Å². The topological polar surface area (TPSA) is 90.9 Å². The van der Waals surface area contributed by atoms with Crippen molar-refractivity contribution in [3.8, 4) is 16.9 Å². The molecular weight excluding hydrogens is 526 g/mol. The fraction of sp³-hybridized carbons (Fsp3) is 0.281. The van der Waals surface area contributed by atoms with Crippen LogP contribution in [-0.2, 0) is 40.1 Å². The average Bonchev–Trinajstić information content (AvgIpc) is 3.57. The van der Waals surface area contributed by atoms with Gasteiger partial charge < -0.3 is 18.3 Å². The fourth-order valence-electron chi connectivity index (χ4n) is 4.57. The van der Waals surface area contributed by atoms with Crippen LogP contribution in [0.2, 0.25) is 0 Å². The molecule has 0 radical (unpaired) electrons. The van der Waals surface area contributed by atoms with E-state index in [0.29, 0.717) is 25.5 Å². The quantitative estimate of drug-likeness (QED) is 0.184. The molecular formula is C32H33NO6S. The summed E-state index contributed by atoms with van der Waals surface area (Å²) in [4.78, 5) is 12.1. The first-order chi connectivity index (χ1) is 19.2. The molecule has 0 fully saturated rings. The molecule has 0 spiro atoms. The third-order valence-corrected chi connectivity index (χ3v) is 8.06. The maximum absolute atomic E-state index is 12.5. The molecule has 1 atom stereocenters. The van der Waals surface area contributed by atoms with Gasteiger partial charge in [-0.1, -0.05) is 36.4 Å². The van der Waals surface area contributed by atoms with E-state index in [1.165, 1.54) is 0 Å². The van der Waals surface area contributed by atoms with Crippen LogP contribution in [-0.4, -0.2) is 21.5 Å². The number of furan rings is 2. The minimum atomic E-state index is -1.19. The van der Waals surface area contributed by atoms with E-state index in [1.54, 1.807) is 19.5 Å². The number of rotatable bonds is 10. The van der Waals surface area contributed by atoms with Crippen molar-refractivity contribution >= 4 is 38.9 Å². The predicted molar refractivity (Wildman–Crippen MR) is 157 cm³/mol. The van der Waals surface area contributed by atoms with Crippen LogP contribution in [0.1, 0.15) is 44.4 Å². The van der Waals surface area contributed by atoms with Crippen LogP contribution in [0.25, 0.3) is 33.1 Å². The third-order valence-electron chi connectivity index (χ3n) is 6.54. The molecule has 3 aromatic carbocycles. The largest absolute Gasteiger partial charge is 0.489 e. The first-order valence-electron chi connectivity index (χ1n) is 13.3. The van der Waals surface area contributed by atoms with Crippen LogP contribution < -0.4 is 9.46 Å². The van der Waals surface area contributed by atoms with Gasteiger partial charge in [-0.2, -0.15) is 0 Å². The number of nitrogens with one attached hydrogen (secondary N) is 1. The number of benzene rings is 3. The van der Waals surface area contributed by atoms with Gasteiger partial charge in [0, 0.05) is 39.6 Å². The molecule has 0 bridgehead atoms. The van der Waals surface area contributed by atoms with Gasteiger partial charge >= 0.3 is 5.97 Å². The Hall–Kier alpha value is -3.88. The number of carbonyl (C=O) groups is 1. The van der Waals surface area contributed by atoms with Crippen LogP contribution in [0.15, 0.2) is 82.0 Å². The standard InChI is InChI=1S/C32H33NO6S/c1-5-36-29(34)17-22-9-6-7-12-28(22)38-19-21-15-23-13-14-37-30(23)27(16-21)26-11-8-10-25-24(20-39-31(25)26)18-33-40(35)32(2,3)4/h6-16,20,33H,5,17-19H2,1-4H3. The average molecular weight is 560 g/mol. The minimum Gasteiger partial charge on any atom is -0.489 e. The van der Waals surface area contributed by atoms with Crippen molar-refractivity contribution in [2.45, 2.75) is 52.0 Å². The second kappa shape index (κ2) is 11.7. The van der Waals surface area contributed by atoms with Crippen molar-refractivity contribution < 1.29 is 27.3 Å². The number of carbonyl (C=O) groups excluding carboxylic acids is 1. The zero-order valence-corrected chi connectivity index (χ0v) is 23.9. The van der Waals surface area contributed by atoms with Crippen LogP contribution in [0.3, 0.4) is 0 Å². The number of fused-ring (bicyclic) bond motifs is 2. The molecule has 2 heterocycles. The Morgan fingerprint density at radius 1 is 0.950 bits per heavy atom. The Bertz CT molecular complexity index is 1680. The Labute approximate surface area is 236 Å². The Morgan fingerprint density at radius 3 is 2.58 bits per heavy atom. The van der Waals surface area contributed by atoms with E-state index in [0.717, 1.165) is 49.8 Å². The van der Waals surface area contributed by atoms with E-state index in [-0.39, 0.29) is 17.1 Å². The summed E-state index contributed by atoms with van der Waals surface area (Å²) in [6, 6.07) is 19.5. The molecule has 5 rings (SSSR count). The number of ether oxygens (including phenoxy) is 2. The van der Waals surface area contributed by atoms with Crippen molar-refractivity contribution in [1.29, 1.82) is 0 Å². The molecule has 2 aromatic heterocycles. The van der Waals surface area contributed by atoms with Gasteiger partial charge in [0.15, 0.2) is 0 Å². The molecule has 0 amide bonds. The highest BCUT2D eigenvalue weighted by Crippen LogP contribution is 2.37. The normalized spacial score (nSPS) is 12.6. The van der Waals surface area contributed by atoms with Gasteiger partial charge in [-0.25, -0.2) is 8.93 Å². The van der Waals surface area contributed by atoms with Crippen molar-refractivity contribution in [2.75, 3.05) is 6.61 Å². The van der Waals surface area contributed by atoms with E-state index in [4.69, 9.17) is 18.3 Å². The molecule has 7 nitrogen and oxygen atoms in total. The van der Waals surface area contributed by atoms with Crippen molar-refractivity contribution in [2.24, 2.45) is 0 Å². The summed E-state index contributed by atoms with van der Waals surface area (Å²) in [6.45, 7) is 8.67. The molecule has 5 aromatic rings. The van der Waals surface area contributed by atoms with Gasteiger partial charge in [0.05, 0.1) is 41.3 Å². The van der Waals surface area contributed by atoms with Crippen molar-refractivity contribution in [3.63, 3.8) is 0 Å². The molecule has 8 heteroatoms. The van der Waals surface area contributed by atoms with Gasteiger partial charge in [-0.05, 0) is 57.5 Å².